The van der Waals surface area contributed by atoms with Crippen LogP contribution in [0.4, 0.5) is 11.4 Å². The Hall–Kier alpha value is -3.84. The molecule has 0 spiro atoms. The lowest BCUT2D eigenvalue weighted by molar-refractivity contribution is 0.0489. The molecular formula is C31H34N4O3. The third-order valence-corrected chi connectivity index (χ3v) is 7.94. The fourth-order valence-corrected chi connectivity index (χ4v) is 5.84. The smallest absolute Gasteiger partial charge is 0.256 e. The lowest BCUT2D eigenvalue weighted by atomic mass is 10.1. The second-order valence-electron chi connectivity index (χ2n) is 10.4. The van der Waals surface area contributed by atoms with Crippen LogP contribution in [0.3, 0.4) is 0 Å². The summed E-state index contributed by atoms with van der Waals surface area (Å²) in [6.45, 7) is 6.51. The minimum absolute atomic E-state index is 0.0326. The summed E-state index contributed by atoms with van der Waals surface area (Å²) in [5.41, 5.74) is 5.77. The van der Waals surface area contributed by atoms with Crippen molar-refractivity contribution in [3.63, 3.8) is 0 Å². The highest BCUT2D eigenvalue weighted by Gasteiger charge is 2.38. The number of hydrogen-bond donors (Lipinski definition) is 1. The van der Waals surface area contributed by atoms with Crippen molar-refractivity contribution >= 4 is 23.2 Å². The van der Waals surface area contributed by atoms with Crippen LogP contribution in [0.5, 0.6) is 0 Å². The number of anilines is 2. The SMILES string of the molecule is Cc1ccccc1N1CCN(C(=O)c2ccc(NC3c4ccccc4C(=O)N3CC3CCCO3)cc2)CC1. The van der Waals surface area contributed by atoms with E-state index in [0.717, 1.165) is 49.4 Å². The predicted octanol–water partition coefficient (Wildman–Crippen LogP) is 4.70. The largest absolute Gasteiger partial charge is 0.376 e. The zero-order valence-electron chi connectivity index (χ0n) is 21.8. The minimum atomic E-state index is -0.265. The van der Waals surface area contributed by atoms with E-state index in [9.17, 15) is 9.59 Å². The molecule has 0 aliphatic carbocycles. The average molecular weight is 511 g/mol. The number of nitrogens with zero attached hydrogens (tertiary/aromatic N) is 3. The summed E-state index contributed by atoms with van der Waals surface area (Å²) < 4.78 is 5.83. The molecule has 196 valence electrons. The van der Waals surface area contributed by atoms with E-state index in [1.165, 1.54) is 11.3 Å². The van der Waals surface area contributed by atoms with Gasteiger partial charge in [0.15, 0.2) is 0 Å². The van der Waals surface area contributed by atoms with Gasteiger partial charge in [0.2, 0.25) is 0 Å². The molecule has 2 unspecified atom stereocenters. The van der Waals surface area contributed by atoms with Crippen molar-refractivity contribution in [1.29, 1.82) is 0 Å². The van der Waals surface area contributed by atoms with Gasteiger partial charge in [0.1, 0.15) is 6.17 Å². The Morgan fingerprint density at radius 3 is 2.42 bits per heavy atom. The number of rotatable bonds is 6. The van der Waals surface area contributed by atoms with Crippen LogP contribution in [0.2, 0.25) is 0 Å². The maximum Gasteiger partial charge on any atom is 0.256 e. The number of aryl methyl sites for hydroxylation is 1. The van der Waals surface area contributed by atoms with Crippen LogP contribution in [-0.2, 0) is 4.74 Å². The Morgan fingerprint density at radius 1 is 0.947 bits per heavy atom. The molecule has 7 heteroatoms. The second-order valence-corrected chi connectivity index (χ2v) is 10.4. The van der Waals surface area contributed by atoms with E-state index in [1.54, 1.807) is 0 Å². The summed E-state index contributed by atoms with van der Waals surface area (Å²) in [4.78, 5) is 32.6. The van der Waals surface area contributed by atoms with Crippen molar-refractivity contribution in [3.05, 3.63) is 95.1 Å². The van der Waals surface area contributed by atoms with Crippen LogP contribution in [0, 0.1) is 6.92 Å². The first-order chi connectivity index (χ1) is 18.6. The molecule has 3 aromatic rings. The Bertz CT molecular complexity index is 1310. The fraction of sp³-hybridized carbons (Fsp3) is 0.355. The number of para-hydroxylation sites is 1. The lowest BCUT2D eigenvalue weighted by Gasteiger charge is -2.36. The zero-order chi connectivity index (χ0) is 26.1. The van der Waals surface area contributed by atoms with Gasteiger partial charge in [-0.2, -0.15) is 0 Å². The van der Waals surface area contributed by atoms with Crippen molar-refractivity contribution in [2.24, 2.45) is 0 Å². The normalized spacial score (nSPS) is 21.1. The summed E-state index contributed by atoms with van der Waals surface area (Å²) in [7, 11) is 0. The van der Waals surface area contributed by atoms with Gasteiger partial charge in [0, 0.05) is 67.4 Å². The maximum atomic E-state index is 13.2. The van der Waals surface area contributed by atoms with Gasteiger partial charge in [-0.25, -0.2) is 0 Å². The Morgan fingerprint density at radius 2 is 1.68 bits per heavy atom. The quantitative estimate of drug-likeness (QED) is 0.521. The van der Waals surface area contributed by atoms with Gasteiger partial charge in [-0.1, -0.05) is 36.4 Å². The van der Waals surface area contributed by atoms with Gasteiger partial charge in [-0.15, -0.1) is 0 Å². The molecule has 1 N–H and O–H groups in total. The van der Waals surface area contributed by atoms with Gasteiger partial charge >= 0.3 is 0 Å². The van der Waals surface area contributed by atoms with Crippen LogP contribution >= 0.6 is 0 Å². The summed E-state index contributed by atoms with van der Waals surface area (Å²) in [6, 6.07) is 23.8. The predicted molar refractivity (Wildman–Crippen MR) is 149 cm³/mol. The molecule has 2 atom stereocenters. The summed E-state index contributed by atoms with van der Waals surface area (Å²) >= 11 is 0. The van der Waals surface area contributed by atoms with Crippen molar-refractivity contribution in [3.8, 4) is 0 Å². The molecular weight excluding hydrogens is 476 g/mol. The average Bonchev–Trinajstić information content (AvgIpc) is 3.57. The van der Waals surface area contributed by atoms with Crippen LogP contribution in [-0.4, -0.2) is 67.0 Å². The molecule has 2 fully saturated rings. The Labute approximate surface area is 224 Å². The summed E-state index contributed by atoms with van der Waals surface area (Å²) in [5.74, 6) is 0.0904. The van der Waals surface area contributed by atoms with Crippen molar-refractivity contribution in [2.45, 2.75) is 32.0 Å². The number of carbonyl (C=O) groups is 2. The van der Waals surface area contributed by atoms with Crippen LogP contribution < -0.4 is 10.2 Å². The van der Waals surface area contributed by atoms with Crippen LogP contribution in [0.25, 0.3) is 0 Å². The maximum absolute atomic E-state index is 13.2. The van der Waals surface area contributed by atoms with E-state index in [4.69, 9.17) is 4.74 Å². The molecule has 0 saturated carbocycles. The Balaban J connectivity index is 1.12. The standard InChI is InChI=1S/C31H34N4O3/c1-22-7-2-5-11-28(22)33-16-18-34(19-17-33)30(36)23-12-14-24(15-13-23)32-29-26-9-3-4-10-27(26)31(37)35(29)21-25-8-6-20-38-25/h2-5,7,9-15,25,29,32H,6,8,16-21H2,1H3. The second kappa shape index (κ2) is 10.5. The molecule has 0 bridgehead atoms. The lowest BCUT2D eigenvalue weighted by Crippen LogP contribution is -2.49. The summed E-state index contributed by atoms with van der Waals surface area (Å²) in [6.07, 6.45) is 1.82. The number of ether oxygens (including phenoxy) is 1. The number of carbonyl (C=O) groups excluding carboxylic acids is 2. The first kappa shape index (κ1) is 24.5. The van der Waals surface area contributed by atoms with Crippen molar-refractivity contribution < 1.29 is 14.3 Å². The highest BCUT2D eigenvalue weighted by molar-refractivity contribution is 5.99. The zero-order valence-corrected chi connectivity index (χ0v) is 21.8. The highest BCUT2D eigenvalue weighted by Crippen LogP contribution is 2.35. The molecule has 38 heavy (non-hydrogen) atoms. The van der Waals surface area contributed by atoms with E-state index in [0.29, 0.717) is 25.2 Å². The molecule has 2 saturated heterocycles. The fourth-order valence-electron chi connectivity index (χ4n) is 5.84. The number of nitrogens with one attached hydrogen (secondary N) is 1. The number of piperazine rings is 1. The van der Waals surface area contributed by atoms with E-state index >= 15 is 0 Å². The topological polar surface area (TPSA) is 65.1 Å². The van der Waals surface area contributed by atoms with Gasteiger partial charge < -0.3 is 24.8 Å². The van der Waals surface area contributed by atoms with Gasteiger partial charge in [0.25, 0.3) is 11.8 Å². The molecule has 7 nitrogen and oxygen atoms in total. The highest BCUT2D eigenvalue weighted by atomic mass is 16.5. The van der Waals surface area contributed by atoms with Crippen LogP contribution in [0.1, 0.15) is 50.9 Å². The number of benzene rings is 3. The molecule has 0 aromatic heterocycles. The molecule has 3 aliphatic rings. The molecule has 3 aromatic carbocycles. The molecule has 3 aliphatic heterocycles. The number of amides is 2. The molecule has 2 amide bonds. The summed E-state index contributed by atoms with van der Waals surface area (Å²) in [5, 5.41) is 3.54. The van der Waals surface area contributed by atoms with E-state index in [1.807, 2.05) is 58.3 Å². The first-order valence-electron chi connectivity index (χ1n) is 13.6. The van der Waals surface area contributed by atoms with Crippen molar-refractivity contribution in [2.75, 3.05) is 49.5 Å². The van der Waals surface area contributed by atoms with E-state index < -0.39 is 0 Å². The number of fused-ring (bicyclic) bond motifs is 1. The van der Waals surface area contributed by atoms with Gasteiger partial charge in [-0.05, 0) is 61.7 Å². The van der Waals surface area contributed by atoms with Gasteiger partial charge in [-0.3, -0.25) is 9.59 Å². The van der Waals surface area contributed by atoms with Gasteiger partial charge in [0.05, 0.1) is 6.10 Å². The first-order valence-corrected chi connectivity index (χ1v) is 13.6. The van der Waals surface area contributed by atoms with E-state index in [2.05, 4.69) is 41.4 Å². The van der Waals surface area contributed by atoms with Crippen molar-refractivity contribution in [1.82, 2.24) is 9.80 Å². The third-order valence-electron chi connectivity index (χ3n) is 7.94. The Kier molecular flexibility index (Phi) is 6.77. The van der Waals surface area contributed by atoms with E-state index in [-0.39, 0.29) is 24.1 Å². The van der Waals surface area contributed by atoms with Crippen LogP contribution in [0.15, 0.2) is 72.8 Å². The molecule has 6 rings (SSSR count). The number of hydrogen-bond acceptors (Lipinski definition) is 5. The molecule has 0 radical (unpaired) electrons. The minimum Gasteiger partial charge on any atom is -0.376 e. The monoisotopic (exact) mass is 510 g/mol. The third kappa shape index (κ3) is 4.74. The molecule has 3 heterocycles.